The lowest BCUT2D eigenvalue weighted by atomic mass is 10.0. The van der Waals surface area contributed by atoms with Crippen molar-refractivity contribution in [3.05, 3.63) is 77.7 Å². The monoisotopic (exact) mass is 383 g/mol. The minimum atomic E-state index is 0.337. The number of aryl methyl sites for hydroxylation is 1. The van der Waals surface area contributed by atoms with Crippen LogP contribution < -0.4 is 0 Å². The second kappa shape index (κ2) is 7.41. The molecule has 0 spiro atoms. The molecule has 0 bridgehead atoms. The van der Waals surface area contributed by atoms with Crippen LogP contribution in [-0.2, 0) is 19.9 Å². The van der Waals surface area contributed by atoms with Crippen molar-refractivity contribution < 1.29 is 0 Å². The van der Waals surface area contributed by atoms with Gasteiger partial charge in [-0.15, -0.1) is 0 Å². The summed E-state index contributed by atoms with van der Waals surface area (Å²) in [4.78, 5) is 11.4. The summed E-state index contributed by atoms with van der Waals surface area (Å²) in [5, 5.41) is 4.85. The third kappa shape index (κ3) is 3.32. The lowest BCUT2D eigenvalue weighted by Crippen LogP contribution is -2.30. The normalized spacial score (nSPS) is 15.8. The Bertz CT molecular complexity index is 1150. The van der Waals surface area contributed by atoms with Gasteiger partial charge in [0.1, 0.15) is 0 Å². The van der Waals surface area contributed by atoms with Crippen LogP contribution in [0.1, 0.15) is 29.8 Å². The highest BCUT2D eigenvalue weighted by molar-refractivity contribution is 5.74. The van der Waals surface area contributed by atoms with Crippen LogP contribution in [0.2, 0.25) is 0 Å². The van der Waals surface area contributed by atoms with E-state index >= 15 is 0 Å². The standard InChI is InChI=1S/C24H25N5/c1-17(19-8-9-21-22(16-19)26-13-12-25-21)29-14-10-20-23(11-15-29)28(2)27-24(20)18-6-4-3-5-7-18/h3-9,12-13,16-17H,10-11,14-15H2,1-2H3. The van der Waals surface area contributed by atoms with Gasteiger partial charge in [-0.25, -0.2) is 0 Å². The van der Waals surface area contributed by atoms with Crippen LogP contribution in [0.3, 0.4) is 0 Å². The van der Waals surface area contributed by atoms with Gasteiger partial charge in [-0.3, -0.25) is 19.5 Å². The third-order valence-electron chi connectivity index (χ3n) is 6.13. The van der Waals surface area contributed by atoms with Gasteiger partial charge in [0.05, 0.1) is 16.7 Å². The number of hydrogen-bond donors (Lipinski definition) is 0. The van der Waals surface area contributed by atoms with Crippen molar-refractivity contribution in [1.29, 1.82) is 0 Å². The van der Waals surface area contributed by atoms with Crippen LogP contribution in [0.15, 0.2) is 60.9 Å². The maximum absolute atomic E-state index is 4.85. The van der Waals surface area contributed by atoms with E-state index in [0.29, 0.717) is 6.04 Å². The Morgan fingerprint density at radius 2 is 1.66 bits per heavy atom. The van der Waals surface area contributed by atoms with Crippen LogP contribution in [0.5, 0.6) is 0 Å². The predicted octanol–water partition coefficient (Wildman–Crippen LogP) is 4.19. The summed E-state index contributed by atoms with van der Waals surface area (Å²) in [6, 6.07) is 17.3. The zero-order chi connectivity index (χ0) is 19.8. The van der Waals surface area contributed by atoms with E-state index in [1.54, 1.807) is 12.4 Å². The van der Waals surface area contributed by atoms with Gasteiger partial charge in [0.2, 0.25) is 0 Å². The summed E-state index contributed by atoms with van der Waals surface area (Å²) >= 11 is 0. The van der Waals surface area contributed by atoms with Crippen molar-refractivity contribution in [2.75, 3.05) is 13.1 Å². The molecule has 0 fully saturated rings. The van der Waals surface area contributed by atoms with Gasteiger partial charge < -0.3 is 0 Å². The molecule has 1 aliphatic heterocycles. The van der Waals surface area contributed by atoms with Gasteiger partial charge in [-0.05, 0) is 31.0 Å². The van der Waals surface area contributed by atoms with Gasteiger partial charge in [0, 0.05) is 61.8 Å². The van der Waals surface area contributed by atoms with Crippen LogP contribution in [-0.4, -0.2) is 37.7 Å². The Balaban J connectivity index is 1.41. The van der Waals surface area contributed by atoms with Crippen LogP contribution in [0.4, 0.5) is 0 Å². The molecule has 2 aromatic heterocycles. The highest BCUT2D eigenvalue weighted by Gasteiger charge is 2.25. The van der Waals surface area contributed by atoms with Crippen molar-refractivity contribution in [3.8, 4) is 11.3 Å². The summed E-state index contributed by atoms with van der Waals surface area (Å²) in [5.41, 5.74) is 8.32. The Kier molecular flexibility index (Phi) is 4.60. The molecule has 1 unspecified atom stereocenters. The average Bonchev–Trinajstić information content (AvgIpc) is 2.94. The van der Waals surface area contributed by atoms with E-state index in [0.717, 1.165) is 42.7 Å². The van der Waals surface area contributed by atoms with Gasteiger partial charge in [0.15, 0.2) is 0 Å². The lowest BCUT2D eigenvalue weighted by molar-refractivity contribution is 0.220. The summed E-state index contributed by atoms with van der Waals surface area (Å²) in [6.45, 7) is 4.35. The smallest absolute Gasteiger partial charge is 0.0958 e. The van der Waals surface area contributed by atoms with Gasteiger partial charge in [-0.2, -0.15) is 5.10 Å². The number of rotatable bonds is 3. The minimum absolute atomic E-state index is 0.337. The summed E-state index contributed by atoms with van der Waals surface area (Å²) < 4.78 is 2.08. The molecule has 0 aliphatic carbocycles. The molecule has 1 aliphatic rings. The average molecular weight is 383 g/mol. The molecule has 0 saturated heterocycles. The topological polar surface area (TPSA) is 46.8 Å². The molecule has 1 atom stereocenters. The van der Waals surface area contributed by atoms with E-state index in [9.17, 15) is 0 Å². The molecule has 0 amide bonds. The quantitative estimate of drug-likeness (QED) is 0.532. The fourth-order valence-electron chi connectivity index (χ4n) is 4.46. The molecule has 146 valence electrons. The summed E-state index contributed by atoms with van der Waals surface area (Å²) in [6.07, 6.45) is 5.54. The molecule has 5 heteroatoms. The maximum atomic E-state index is 4.85. The van der Waals surface area contributed by atoms with E-state index in [1.807, 2.05) is 0 Å². The summed E-state index contributed by atoms with van der Waals surface area (Å²) in [5.74, 6) is 0. The van der Waals surface area contributed by atoms with Crippen LogP contribution >= 0.6 is 0 Å². The van der Waals surface area contributed by atoms with Crippen molar-refractivity contribution in [2.24, 2.45) is 7.05 Å². The van der Waals surface area contributed by atoms with Crippen molar-refractivity contribution in [3.63, 3.8) is 0 Å². The van der Waals surface area contributed by atoms with E-state index < -0.39 is 0 Å². The number of fused-ring (bicyclic) bond motifs is 2. The molecule has 29 heavy (non-hydrogen) atoms. The van der Waals surface area contributed by atoms with Gasteiger partial charge in [0.25, 0.3) is 0 Å². The predicted molar refractivity (Wildman–Crippen MR) is 116 cm³/mol. The number of nitrogens with zero attached hydrogens (tertiary/aromatic N) is 5. The molecule has 5 rings (SSSR count). The zero-order valence-electron chi connectivity index (χ0n) is 16.9. The van der Waals surface area contributed by atoms with Gasteiger partial charge in [-0.1, -0.05) is 36.4 Å². The largest absolute Gasteiger partial charge is 0.296 e. The molecule has 3 heterocycles. The Labute approximate surface area is 171 Å². The van der Waals surface area contributed by atoms with Crippen LogP contribution in [0.25, 0.3) is 22.3 Å². The Morgan fingerprint density at radius 1 is 0.897 bits per heavy atom. The molecule has 0 radical (unpaired) electrons. The molecular weight excluding hydrogens is 358 g/mol. The molecule has 5 nitrogen and oxygen atoms in total. The third-order valence-corrected chi connectivity index (χ3v) is 6.13. The Hall–Kier alpha value is -3.05. The number of aromatic nitrogens is 4. The van der Waals surface area contributed by atoms with E-state index in [4.69, 9.17) is 5.10 Å². The molecule has 4 aromatic rings. The fraction of sp³-hybridized carbons (Fsp3) is 0.292. The molecule has 0 saturated carbocycles. The first kappa shape index (κ1) is 18.0. The highest BCUT2D eigenvalue weighted by Crippen LogP contribution is 2.30. The summed E-state index contributed by atoms with van der Waals surface area (Å²) in [7, 11) is 2.08. The van der Waals surface area contributed by atoms with E-state index in [-0.39, 0.29) is 0 Å². The minimum Gasteiger partial charge on any atom is -0.296 e. The fourth-order valence-corrected chi connectivity index (χ4v) is 4.46. The first-order valence-corrected chi connectivity index (χ1v) is 10.3. The second-order valence-electron chi connectivity index (χ2n) is 7.78. The van der Waals surface area contributed by atoms with Gasteiger partial charge >= 0.3 is 0 Å². The second-order valence-corrected chi connectivity index (χ2v) is 7.78. The Morgan fingerprint density at radius 3 is 2.48 bits per heavy atom. The zero-order valence-corrected chi connectivity index (χ0v) is 16.9. The number of benzene rings is 2. The van der Waals surface area contributed by atoms with E-state index in [1.165, 1.54) is 22.4 Å². The van der Waals surface area contributed by atoms with Crippen LogP contribution in [0, 0.1) is 0 Å². The van der Waals surface area contributed by atoms with Crippen molar-refractivity contribution in [1.82, 2.24) is 24.6 Å². The number of hydrogen-bond acceptors (Lipinski definition) is 4. The molecule has 2 aromatic carbocycles. The van der Waals surface area contributed by atoms with Crippen molar-refractivity contribution >= 4 is 11.0 Å². The van der Waals surface area contributed by atoms with E-state index in [2.05, 4.69) is 82.1 Å². The SMILES string of the molecule is CC(c1ccc2nccnc2c1)N1CCc2c(-c3ccccc3)nn(C)c2CC1. The highest BCUT2D eigenvalue weighted by atomic mass is 15.3. The maximum Gasteiger partial charge on any atom is 0.0958 e. The lowest BCUT2D eigenvalue weighted by Gasteiger charge is -2.28. The first-order valence-electron chi connectivity index (χ1n) is 10.3. The van der Waals surface area contributed by atoms with Crippen molar-refractivity contribution in [2.45, 2.75) is 25.8 Å². The molecular formula is C24H25N5. The first-order chi connectivity index (χ1) is 14.2. The molecule has 0 N–H and O–H groups in total.